The van der Waals surface area contributed by atoms with Crippen LogP contribution in [0.4, 0.5) is 0 Å². The van der Waals surface area contributed by atoms with Gasteiger partial charge in [0.05, 0.1) is 18.5 Å². The lowest BCUT2D eigenvalue weighted by atomic mass is 10.2. The van der Waals surface area contributed by atoms with Crippen molar-refractivity contribution in [1.82, 2.24) is 9.29 Å². The van der Waals surface area contributed by atoms with Gasteiger partial charge in [-0.2, -0.15) is 4.31 Å². The third kappa shape index (κ3) is 4.09. The number of aromatic nitrogens is 1. The summed E-state index contributed by atoms with van der Waals surface area (Å²) >= 11 is 0. The molecule has 0 N–H and O–H groups in total. The number of hydrogen-bond donors (Lipinski definition) is 0. The Hall–Kier alpha value is -1.92. The molecule has 1 aliphatic rings. The van der Waals surface area contributed by atoms with Crippen LogP contribution < -0.4 is 4.74 Å². The standard InChI is InChI=1S/C17H20N2O3S/c1-14-4-2-5-15(10-14)13-23(20,21)19-9-7-17(12-19)22-16-6-3-8-18-11-16/h2-6,8,10-11,17H,7,9,12-13H2,1H3. The van der Waals surface area contributed by atoms with E-state index in [0.717, 1.165) is 11.1 Å². The topological polar surface area (TPSA) is 59.5 Å². The third-order valence-electron chi connectivity index (χ3n) is 3.87. The smallest absolute Gasteiger partial charge is 0.218 e. The van der Waals surface area contributed by atoms with Gasteiger partial charge in [0.25, 0.3) is 0 Å². The number of rotatable bonds is 5. The Labute approximate surface area is 137 Å². The number of pyridine rings is 1. The van der Waals surface area contributed by atoms with Crippen LogP contribution in [0.5, 0.6) is 5.75 Å². The number of benzene rings is 1. The van der Waals surface area contributed by atoms with Gasteiger partial charge >= 0.3 is 0 Å². The second-order valence-electron chi connectivity index (χ2n) is 5.82. The van der Waals surface area contributed by atoms with Gasteiger partial charge in [-0.3, -0.25) is 4.98 Å². The number of aryl methyl sites for hydroxylation is 1. The molecule has 2 aromatic rings. The molecule has 122 valence electrons. The molecule has 0 aliphatic carbocycles. The molecule has 1 unspecified atom stereocenters. The number of sulfonamides is 1. The average molecular weight is 332 g/mol. The second kappa shape index (κ2) is 6.68. The fourth-order valence-corrected chi connectivity index (χ4v) is 4.32. The van der Waals surface area contributed by atoms with Crippen LogP contribution in [-0.2, 0) is 15.8 Å². The summed E-state index contributed by atoms with van der Waals surface area (Å²) in [5.41, 5.74) is 1.89. The number of nitrogens with zero attached hydrogens (tertiary/aromatic N) is 2. The summed E-state index contributed by atoms with van der Waals surface area (Å²) in [6.07, 6.45) is 3.90. The van der Waals surface area contributed by atoms with E-state index in [1.165, 1.54) is 4.31 Å². The monoisotopic (exact) mass is 332 g/mol. The molecule has 1 saturated heterocycles. The van der Waals surface area contributed by atoms with Crippen molar-refractivity contribution < 1.29 is 13.2 Å². The van der Waals surface area contributed by atoms with Gasteiger partial charge in [-0.15, -0.1) is 0 Å². The highest BCUT2D eigenvalue weighted by atomic mass is 32.2. The van der Waals surface area contributed by atoms with E-state index in [1.54, 1.807) is 18.5 Å². The largest absolute Gasteiger partial charge is 0.487 e. The lowest BCUT2D eigenvalue weighted by Gasteiger charge is -2.17. The maximum absolute atomic E-state index is 12.6. The first-order chi connectivity index (χ1) is 11.0. The molecule has 2 heterocycles. The normalized spacial score (nSPS) is 18.9. The Bertz CT molecular complexity index is 762. The number of ether oxygens (including phenoxy) is 1. The predicted octanol–water partition coefficient (Wildman–Crippen LogP) is 2.37. The Morgan fingerprint density at radius 1 is 1.30 bits per heavy atom. The molecule has 23 heavy (non-hydrogen) atoms. The first kappa shape index (κ1) is 16.0. The molecule has 1 aromatic carbocycles. The maximum Gasteiger partial charge on any atom is 0.218 e. The summed E-state index contributed by atoms with van der Waals surface area (Å²) in [7, 11) is -3.32. The molecule has 6 heteroatoms. The summed E-state index contributed by atoms with van der Waals surface area (Å²) < 4.78 is 32.5. The molecule has 0 spiro atoms. The van der Waals surface area contributed by atoms with E-state index in [2.05, 4.69) is 4.98 Å². The minimum absolute atomic E-state index is 0.0360. The molecule has 0 radical (unpaired) electrons. The van der Waals surface area contributed by atoms with Gasteiger partial charge in [-0.05, 0) is 31.0 Å². The highest BCUT2D eigenvalue weighted by Gasteiger charge is 2.32. The molecule has 3 rings (SSSR count). The summed E-state index contributed by atoms with van der Waals surface area (Å²) in [5, 5.41) is 0. The van der Waals surface area contributed by atoms with Crippen molar-refractivity contribution in [3.05, 3.63) is 59.9 Å². The lowest BCUT2D eigenvalue weighted by Crippen LogP contribution is -2.32. The minimum Gasteiger partial charge on any atom is -0.487 e. The molecule has 1 fully saturated rings. The summed E-state index contributed by atoms with van der Waals surface area (Å²) in [6, 6.07) is 11.2. The van der Waals surface area contributed by atoms with Crippen molar-refractivity contribution in [2.75, 3.05) is 13.1 Å². The van der Waals surface area contributed by atoms with E-state index in [1.807, 2.05) is 37.3 Å². The van der Waals surface area contributed by atoms with Crippen LogP contribution in [0.15, 0.2) is 48.8 Å². The molecular weight excluding hydrogens is 312 g/mol. The zero-order chi connectivity index (χ0) is 16.3. The van der Waals surface area contributed by atoms with Gasteiger partial charge in [-0.1, -0.05) is 29.8 Å². The maximum atomic E-state index is 12.6. The first-order valence-corrected chi connectivity index (χ1v) is 9.24. The van der Waals surface area contributed by atoms with Gasteiger partial charge in [0.2, 0.25) is 10.0 Å². The summed E-state index contributed by atoms with van der Waals surface area (Å²) in [4.78, 5) is 4.00. The quantitative estimate of drug-likeness (QED) is 0.843. The van der Waals surface area contributed by atoms with E-state index in [0.29, 0.717) is 25.3 Å². The van der Waals surface area contributed by atoms with Crippen LogP contribution in [0.2, 0.25) is 0 Å². The van der Waals surface area contributed by atoms with Crippen LogP contribution in [0, 0.1) is 6.92 Å². The summed E-state index contributed by atoms with van der Waals surface area (Å²) in [6.45, 7) is 2.85. The van der Waals surface area contributed by atoms with Crippen LogP contribution >= 0.6 is 0 Å². The van der Waals surface area contributed by atoms with Crippen molar-refractivity contribution in [1.29, 1.82) is 0 Å². The number of hydrogen-bond acceptors (Lipinski definition) is 4. The first-order valence-electron chi connectivity index (χ1n) is 7.63. The Morgan fingerprint density at radius 2 is 2.17 bits per heavy atom. The van der Waals surface area contributed by atoms with Crippen molar-refractivity contribution in [3.8, 4) is 5.75 Å². The van der Waals surface area contributed by atoms with Crippen LogP contribution in [0.3, 0.4) is 0 Å². The molecule has 0 bridgehead atoms. The second-order valence-corrected chi connectivity index (χ2v) is 7.79. The lowest BCUT2D eigenvalue weighted by molar-refractivity contribution is 0.214. The van der Waals surface area contributed by atoms with Gasteiger partial charge in [0, 0.05) is 12.7 Å². The van der Waals surface area contributed by atoms with Gasteiger partial charge in [0.1, 0.15) is 11.9 Å². The molecular formula is C17H20N2O3S. The van der Waals surface area contributed by atoms with Crippen molar-refractivity contribution in [3.63, 3.8) is 0 Å². The van der Waals surface area contributed by atoms with Crippen LogP contribution in [0.25, 0.3) is 0 Å². The van der Waals surface area contributed by atoms with E-state index >= 15 is 0 Å². The van der Waals surface area contributed by atoms with Crippen LogP contribution in [-0.4, -0.2) is 36.9 Å². The van der Waals surface area contributed by atoms with E-state index < -0.39 is 10.0 Å². The average Bonchev–Trinajstić information content (AvgIpc) is 2.97. The minimum atomic E-state index is -3.32. The molecule has 0 saturated carbocycles. The Balaban J connectivity index is 1.63. The SMILES string of the molecule is Cc1cccc(CS(=O)(=O)N2CCC(Oc3cccnc3)C2)c1. The fourth-order valence-electron chi connectivity index (χ4n) is 2.76. The van der Waals surface area contributed by atoms with E-state index in [9.17, 15) is 8.42 Å². The van der Waals surface area contributed by atoms with Gasteiger partial charge in [-0.25, -0.2) is 8.42 Å². The Morgan fingerprint density at radius 3 is 2.91 bits per heavy atom. The van der Waals surface area contributed by atoms with Gasteiger partial charge < -0.3 is 4.74 Å². The van der Waals surface area contributed by atoms with Gasteiger partial charge in [0.15, 0.2) is 0 Å². The van der Waals surface area contributed by atoms with Crippen molar-refractivity contribution in [2.24, 2.45) is 0 Å². The highest BCUT2D eigenvalue weighted by molar-refractivity contribution is 7.88. The molecule has 1 atom stereocenters. The molecule has 0 amide bonds. The fraction of sp³-hybridized carbons (Fsp3) is 0.353. The Kier molecular flexibility index (Phi) is 4.63. The molecule has 1 aliphatic heterocycles. The zero-order valence-electron chi connectivity index (χ0n) is 13.1. The zero-order valence-corrected chi connectivity index (χ0v) is 13.9. The molecule has 1 aromatic heterocycles. The van der Waals surface area contributed by atoms with Crippen molar-refractivity contribution >= 4 is 10.0 Å². The predicted molar refractivity (Wildman–Crippen MR) is 88.6 cm³/mol. The van der Waals surface area contributed by atoms with Crippen molar-refractivity contribution in [2.45, 2.75) is 25.2 Å². The van der Waals surface area contributed by atoms with E-state index in [-0.39, 0.29) is 11.9 Å². The van der Waals surface area contributed by atoms with Crippen LogP contribution in [0.1, 0.15) is 17.5 Å². The molecule has 5 nitrogen and oxygen atoms in total. The highest BCUT2D eigenvalue weighted by Crippen LogP contribution is 2.21. The van der Waals surface area contributed by atoms with E-state index in [4.69, 9.17) is 4.74 Å². The summed E-state index contributed by atoms with van der Waals surface area (Å²) in [5.74, 6) is 0.712. The third-order valence-corrected chi connectivity index (χ3v) is 5.69.